The van der Waals surface area contributed by atoms with Gasteiger partial charge in [0.25, 0.3) is 5.91 Å². The average molecular weight is 337 g/mol. The number of nitrogen functional groups attached to an aromatic ring is 1. The summed E-state index contributed by atoms with van der Waals surface area (Å²) in [5.41, 5.74) is 5.93. The van der Waals surface area contributed by atoms with Crippen LogP contribution in [0.4, 0.5) is 5.69 Å². The Kier molecular flexibility index (Phi) is 6.45. The van der Waals surface area contributed by atoms with Crippen molar-refractivity contribution in [1.29, 1.82) is 0 Å². The molecule has 1 unspecified atom stereocenters. The molecule has 0 aliphatic heterocycles. The molecule has 1 amide bonds. The summed E-state index contributed by atoms with van der Waals surface area (Å²) >= 11 is 13.2. The number of thioether (sulfide) groups is 1. The van der Waals surface area contributed by atoms with E-state index in [9.17, 15) is 9.59 Å². The minimum absolute atomic E-state index is 0.152. The number of aliphatic carboxylic acids is 1. The predicted octanol–water partition coefficient (Wildman–Crippen LogP) is 2.51. The maximum Gasteiger partial charge on any atom is 0.326 e. The molecule has 0 heterocycles. The molecule has 0 saturated heterocycles. The molecule has 0 fully saturated rings. The molecule has 4 N–H and O–H groups in total. The van der Waals surface area contributed by atoms with E-state index in [4.69, 9.17) is 34.0 Å². The van der Waals surface area contributed by atoms with Crippen molar-refractivity contribution in [2.45, 2.75) is 12.5 Å². The molecule has 8 heteroatoms. The lowest BCUT2D eigenvalue weighted by Crippen LogP contribution is -2.41. The van der Waals surface area contributed by atoms with Crippen molar-refractivity contribution in [3.05, 3.63) is 27.7 Å². The van der Waals surface area contributed by atoms with Crippen molar-refractivity contribution in [2.24, 2.45) is 0 Å². The van der Waals surface area contributed by atoms with Gasteiger partial charge in [-0.15, -0.1) is 0 Å². The molecule has 20 heavy (non-hydrogen) atoms. The Balaban J connectivity index is 2.86. The first kappa shape index (κ1) is 16.9. The van der Waals surface area contributed by atoms with Crippen LogP contribution in [-0.2, 0) is 4.79 Å². The van der Waals surface area contributed by atoms with E-state index in [0.717, 1.165) is 0 Å². The van der Waals surface area contributed by atoms with Gasteiger partial charge in [-0.2, -0.15) is 11.8 Å². The topological polar surface area (TPSA) is 92.4 Å². The summed E-state index contributed by atoms with van der Waals surface area (Å²) in [5.74, 6) is -1.01. The van der Waals surface area contributed by atoms with Gasteiger partial charge in [0, 0.05) is 5.56 Å². The maximum absolute atomic E-state index is 12.0. The van der Waals surface area contributed by atoms with Crippen LogP contribution in [0.3, 0.4) is 0 Å². The quantitative estimate of drug-likeness (QED) is 0.694. The zero-order valence-corrected chi connectivity index (χ0v) is 13.0. The van der Waals surface area contributed by atoms with Crippen molar-refractivity contribution < 1.29 is 14.7 Å². The number of carbonyl (C=O) groups is 2. The maximum atomic E-state index is 12.0. The van der Waals surface area contributed by atoms with E-state index in [1.807, 2.05) is 6.26 Å². The first-order chi connectivity index (χ1) is 9.36. The van der Waals surface area contributed by atoms with Crippen LogP contribution in [0.25, 0.3) is 0 Å². The van der Waals surface area contributed by atoms with Crippen LogP contribution in [0.1, 0.15) is 16.8 Å². The van der Waals surface area contributed by atoms with Crippen molar-refractivity contribution >= 4 is 52.5 Å². The molecule has 1 aromatic rings. The van der Waals surface area contributed by atoms with Crippen LogP contribution in [-0.4, -0.2) is 35.0 Å². The highest BCUT2D eigenvalue weighted by molar-refractivity contribution is 7.98. The number of carboxylic acid groups (broad SMARTS) is 1. The van der Waals surface area contributed by atoms with E-state index in [1.165, 1.54) is 23.9 Å². The summed E-state index contributed by atoms with van der Waals surface area (Å²) in [7, 11) is 0. The van der Waals surface area contributed by atoms with Gasteiger partial charge in [-0.3, -0.25) is 4.79 Å². The first-order valence-electron chi connectivity index (χ1n) is 5.64. The minimum atomic E-state index is -1.08. The molecular formula is C12H14Cl2N2O3S. The summed E-state index contributed by atoms with van der Waals surface area (Å²) < 4.78 is 0. The standard InChI is InChI=1S/C12H14Cl2N2O3S/c1-20-3-2-9(12(18)19)16-11(17)6-4-7(13)10(15)8(14)5-6/h4-5,9H,2-3,15H2,1H3,(H,16,17)(H,18,19). The molecule has 0 radical (unpaired) electrons. The van der Waals surface area contributed by atoms with Gasteiger partial charge in [0.1, 0.15) is 6.04 Å². The second-order valence-corrected chi connectivity index (χ2v) is 5.80. The molecule has 0 saturated carbocycles. The molecule has 1 atom stereocenters. The molecule has 0 bridgehead atoms. The van der Waals surface area contributed by atoms with Crippen LogP contribution < -0.4 is 11.1 Å². The van der Waals surface area contributed by atoms with Gasteiger partial charge >= 0.3 is 5.97 Å². The van der Waals surface area contributed by atoms with E-state index in [1.54, 1.807) is 0 Å². The molecule has 1 aromatic carbocycles. The zero-order valence-electron chi connectivity index (χ0n) is 10.7. The van der Waals surface area contributed by atoms with Gasteiger partial charge < -0.3 is 16.2 Å². The Hall–Kier alpha value is -1.11. The molecule has 0 aliphatic rings. The molecule has 0 aromatic heterocycles. The van der Waals surface area contributed by atoms with Crippen LogP contribution in [0.5, 0.6) is 0 Å². The lowest BCUT2D eigenvalue weighted by atomic mass is 10.1. The number of carbonyl (C=O) groups excluding carboxylic acids is 1. The third-order valence-electron chi connectivity index (χ3n) is 2.56. The number of halogens is 2. The number of nitrogens with two attached hydrogens (primary N) is 1. The Labute approximate surface area is 130 Å². The van der Waals surface area contributed by atoms with Crippen LogP contribution >= 0.6 is 35.0 Å². The van der Waals surface area contributed by atoms with E-state index >= 15 is 0 Å². The highest BCUT2D eigenvalue weighted by atomic mass is 35.5. The largest absolute Gasteiger partial charge is 0.480 e. The minimum Gasteiger partial charge on any atom is -0.480 e. The van der Waals surface area contributed by atoms with E-state index < -0.39 is 17.9 Å². The van der Waals surface area contributed by atoms with Gasteiger partial charge in [-0.1, -0.05) is 23.2 Å². The zero-order chi connectivity index (χ0) is 15.3. The Bertz CT molecular complexity index is 502. The SMILES string of the molecule is CSCCC(NC(=O)c1cc(Cl)c(N)c(Cl)c1)C(=O)O. The van der Waals surface area contributed by atoms with Gasteiger partial charge in [-0.05, 0) is 30.6 Å². The third kappa shape index (κ3) is 4.47. The number of nitrogens with one attached hydrogen (secondary N) is 1. The molecule has 0 spiro atoms. The Morgan fingerprint density at radius 2 is 1.95 bits per heavy atom. The highest BCUT2D eigenvalue weighted by Gasteiger charge is 2.21. The summed E-state index contributed by atoms with van der Waals surface area (Å²) in [6, 6.07) is 1.75. The van der Waals surface area contributed by atoms with Gasteiger partial charge in [0.2, 0.25) is 0 Å². The van der Waals surface area contributed by atoms with Gasteiger partial charge in [0.05, 0.1) is 15.7 Å². The highest BCUT2D eigenvalue weighted by Crippen LogP contribution is 2.28. The number of hydrogen-bond acceptors (Lipinski definition) is 4. The van der Waals surface area contributed by atoms with E-state index in [2.05, 4.69) is 5.32 Å². The van der Waals surface area contributed by atoms with Crippen molar-refractivity contribution in [2.75, 3.05) is 17.7 Å². The lowest BCUT2D eigenvalue weighted by Gasteiger charge is -2.14. The molecule has 0 aliphatic carbocycles. The van der Waals surface area contributed by atoms with Crippen molar-refractivity contribution in [1.82, 2.24) is 5.32 Å². The van der Waals surface area contributed by atoms with E-state index in [0.29, 0.717) is 12.2 Å². The Morgan fingerprint density at radius 1 is 1.40 bits per heavy atom. The Morgan fingerprint density at radius 3 is 2.40 bits per heavy atom. The van der Waals surface area contributed by atoms with Crippen LogP contribution in [0.15, 0.2) is 12.1 Å². The monoisotopic (exact) mass is 336 g/mol. The second-order valence-electron chi connectivity index (χ2n) is 4.00. The fourth-order valence-electron chi connectivity index (χ4n) is 1.45. The van der Waals surface area contributed by atoms with Gasteiger partial charge in [-0.25, -0.2) is 4.79 Å². The third-order valence-corrected chi connectivity index (χ3v) is 3.82. The van der Waals surface area contributed by atoms with Crippen LogP contribution in [0.2, 0.25) is 10.0 Å². The first-order valence-corrected chi connectivity index (χ1v) is 7.79. The smallest absolute Gasteiger partial charge is 0.326 e. The second kappa shape index (κ2) is 7.61. The summed E-state index contributed by atoms with van der Waals surface area (Å²) in [6.07, 6.45) is 2.19. The molecule has 110 valence electrons. The molecule has 1 rings (SSSR count). The van der Waals surface area contributed by atoms with Crippen LogP contribution in [0, 0.1) is 0 Å². The summed E-state index contributed by atoms with van der Waals surface area (Å²) in [4.78, 5) is 23.1. The number of benzene rings is 1. The number of anilines is 1. The van der Waals surface area contributed by atoms with Gasteiger partial charge in [0.15, 0.2) is 0 Å². The fourth-order valence-corrected chi connectivity index (χ4v) is 2.41. The van der Waals surface area contributed by atoms with E-state index in [-0.39, 0.29) is 21.3 Å². The summed E-state index contributed by atoms with van der Waals surface area (Å²) in [5, 5.41) is 11.8. The fraction of sp³-hybridized carbons (Fsp3) is 0.333. The predicted molar refractivity (Wildman–Crippen MR) is 82.8 cm³/mol. The molecular weight excluding hydrogens is 323 g/mol. The number of hydrogen-bond donors (Lipinski definition) is 3. The van der Waals surface area contributed by atoms with Crippen molar-refractivity contribution in [3.63, 3.8) is 0 Å². The number of rotatable bonds is 6. The molecule has 5 nitrogen and oxygen atoms in total. The number of amides is 1. The number of carboxylic acids is 1. The summed E-state index contributed by atoms with van der Waals surface area (Å²) in [6.45, 7) is 0. The normalized spacial score (nSPS) is 11.9. The lowest BCUT2D eigenvalue weighted by molar-refractivity contribution is -0.139. The average Bonchev–Trinajstić information content (AvgIpc) is 2.39. The van der Waals surface area contributed by atoms with Crippen molar-refractivity contribution in [3.8, 4) is 0 Å².